The fraction of sp³-hybridized carbons (Fsp3) is 0.417. The second-order valence-electron chi connectivity index (χ2n) is 4.39. The van der Waals surface area contributed by atoms with Crippen LogP contribution in [0.1, 0.15) is 23.7 Å². The number of carboxylic acid groups (broad SMARTS) is 1. The topological polar surface area (TPSA) is 85.1 Å². The summed E-state index contributed by atoms with van der Waals surface area (Å²) in [6.07, 6.45) is 2.38. The van der Waals surface area contributed by atoms with Crippen molar-refractivity contribution in [3.63, 3.8) is 0 Å². The van der Waals surface area contributed by atoms with Gasteiger partial charge in [-0.3, -0.25) is 4.21 Å². The molecule has 0 radical (unpaired) electrons. The molecular formula is C12H15N3O3S. The predicted octanol–water partition coefficient (Wildman–Crippen LogP) is 1.29. The fourth-order valence-corrected chi connectivity index (χ4v) is 2.24. The van der Waals surface area contributed by atoms with Gasteiger partial charge in [0.05, 0.1) is 11.1 Å². The normalized spacial score (nSPS) is 14.4. The number of carboxylic acids is 1. The maximum absolute atomic E-state index is 11.3. The number of benzene rings is 1. The first kappa shape index (κ1) is 13.7. The van der Waals surface area contributed by atoms with E-state index in [0.717, 1.165) is 0 Å². The van der Waals surface area contributed by atoms with E-state index in [1.54, 1.807) is 23.1 Å². The highest BCUT2D eigenvalue weighted by molar-refractivity contribution is 7.84. The third-order valence-electron chi connectivity index (χ3n) is 3.09. The van der Waals surface area contributed by atoms with Crippen molar-refractivity contribution in [2.75, 3.05) is 6.26 Å². The number of aromatic carboxylic acids is 1. The Morgan fingerprint density at radius 2 is 2.26 bits per heavy atom. The zero-order valence-electron chi connectivity index (χ0n) is 10.7. The van der Waals surface area contributed by atoms with Gasteiger partial charge in [-0.1, -0.05) is 18.2 Å². The largest absolute Gasteiger partial charge is 0.478 e. The Morgan fingerprint density at radius 1 is 1.53 bits per heavy atom. The van der Waals surface area contributed by atoms with Crippen molar-refractivity contribution in [1.82, 2.24) is 15.0 Å². The Labute approximate surface area is 112 Å². The highest BCUT2D eigenvalue weighted by Crippen LogP contribution is 2.16. The van der Waals surface area contributed by atoms with Crippen LogP contribution in [0.2, 0.25) is 0 Å². The molecule has 0 saturated heterocycles. The quantitative estimate of drug-likeness (QED) is 0.892. The highest BCUT2D eigenvalue weighted by Gasteiger charge is 2.14. The summed E-state index contributed by atoms with van der Waals surface area (Å²) < 4.78 is 13.0. The SMILES string of the molecule is CC(CCn1nnc2c(C(=O)O)cccc21)S(C)=O. The maximum atomic E-state index is 11.3. The molecular weight excluding hydrogens is 266 g/mol. The minimum atomic E-state index is -1.01. The maximum Gasteiger partial charge on any atom is 0.338 e. The number of rotatable bonds is 5. The molecule has 0 aliphatic carbocycles. The average molecular weight is 281 g/mol. The summed E-state index contributed by atoms with van der Waals surface area (Å²) in [4.78, 5) is 11.1. The van der Waals surface area contributed by atoms with E-state index in [2.05, 4.69) is 10.3 Å². The molecule has 6 nitrogen and oxygen atoms in total. The summed E-state index contributed by atoms with van der Waals surface area (Å²) in [7, 11) is -0.873. The van der Waals surface area contributed by atoms with E-state index in [1.807, 2.05) is 6.92 Å². The molecule has 1 N–H and O–H groups in total. The van der Waals surface area contributed by atoms with Crippen molar-refractivity contribution >= 4 is 27.8 Å². The van der Waals surface area contributed by atoms with Crippen molar-refractivity contribution in [1.29, 1.82) is 0 Å². The Hall–Kier alpha value is -1.76. The minimum absolute atomic E-state index is 0.0712. The lowest BCUT2D eigenvalue weighted by molar-refractivity contribution is 0.0699. The molecule has 2 aromatic rings. The molecule has 0 fully saturated rings. The molecule has 7 heteroatoms. The number of aromatic nitrogens is 3. The highest BCUT2D eigenvalue weighted by atomic mass is 32.2. The number of fused-ring (bicyclic) bond motifs is 1. The van der Waals surface area contributed by atoms with Crippen LogP contribution in [0.25, 0.3) is 11.0 Å². The van der Waals surface area contributed by atoms with Crippen molar-refractivity contribution in [2.45, 2.75) is 25.1 Å². The van der Waals surface area contributed by atoms with Gasteiger partial charge in [-0.15, -0.1) is 5.10 Å². The molecule has 0 aliphatic heterocycles. The summed E-state index contributed by atoms with van der Waals surface area (Å²) in [5.74, 6) is -1.01. The average Bonchev–Trinajstić information content (AvgIpc) is 2.78. The van der Waals surface area contributed by atoms with Gasteiger partial charge in [-0.05, 0) is 18.6 Å². The summed E-state index contributed by atoms with van der Waals surface area (Å²) >= 11 is 0. The standard InChI is InChI=1S/C12H15N3O3S/c1-8(19(2)18)6-7-15-10-5-3-4-9(12(16)17)11(10)13-14-15/h3-5,8H,6-7H2,1-2H3,(H,16,17). The minimum Gasteiger partial charge on any atom is -0.478 e. The first-order valence-corrected chi connectivity index (χ1v) is 7.50. The predicted molar refractivity (Wildman–Crippen MR) is 72.6 cm³/mol. The molecule has 19 heavy (non-hydrogen) atoms. The molecule has 2 atom stereocenters. The number of aryl methyl sites for hydroxylation is 1. The van der Waals surface area contributed by atoms with Gasteiger partial charge in [0.25, 0.3) is 0 Å². The second kappa shape index (κ2) is 5.48. The van der Waals surface area contributed by atoms with Gasteiger partial charge in [0, 0.05) is 28.9 Å². The molecule has 1 aromatic carbocycles. The van der Waals surface area contributed by atoms with E-state index in [0.29, 0.717) is 24.0 Å². The lowest BCUT2D eigenvalue weighted by Gasteiger charge is -2.08. The van der Waals surface area contributed by atoms with Gasteiger partial charge < -0.3 is 5.11 Å². The van der Waals surface area contributed by atoms with Crippen LogP contribution in [-0.2, 0) is 17.3 Å². The zero-order valence-corrected chi connectivity index (χ0v) is 11.6. The van der Waals surface area contributed by atoms with Crippen LogP contribution < -0.4 is 0 Å². The summed E-state index contributed by atoms with van der Waals surface area (Å²) in [6, 6.07) is 4.97. The van der Waals surface area contributed by atoms with Crippen LogP contribution in [0.3, 0.4) is 0 Å². The van der Waals surface area contributed by atoms with Gasteiger partial charge in [0.15, 0.2) is 0 Å². The molecule has 0 amide bonds. The lowest BCUT2D eigenvalue weighted by Crippen LogP contribution is -2.13. The Kier molecular flexibility index (Phi) is 3.94. The number of nitrogens with zero attached hydrogens (tertiary/aromatic N) is 3. The van der Waals surface area contributed by atoms with Gasteiger partial charge in [0.1, 0.15) is 5.52 Å². The van der Waals surface area contributed by atoms with Crippen LogP contribution in [0.4, 0.5) is 0 Å². The first-order valence-electron chi connectivity index (χ1n) is 5.88. The fourth-order valence-electron chi connectivity index (χ4n) is 1.80. The molecule has 0 saturated carbocycles. The first-order chi connectivity index (χ1) is 9.00. The molecule has 0 aliphatic rings. The van der Waals surface area contributed by atoms with Crippen LogP contribution in [0, 0.1) is 0 Å². The van der Waals surface area contributed by atoms with E-state index < -0.39 is 16.8 Å². The molecule has 2 rings (SSSR count). The van der Waals surface area contributed by atoms with Gasteiger partial charge in [-0.25, -0.2) is 9.48 Å². The zero-order chi connectivity index (χ0) is 14.0. The third kappa shape index (κ3) is 2.81. The summed E-state index contributed by atoms with van der Waals surface area (Å²) in [5.41, 5.74) is 1.23. The van der Waals surface area contributed by atoms with Crippen molar-refractivity contribution < 1.29 is 14.1 Å². The summed E-state index contributed by atoms with van der Waals surface area (Å²) in [6.45, 7) is 2.48. The lowest BCUT2D eigenvalue weighted by atomic mass is 10.2. The molecule has 0 bridgehead atoms. The number of carbonyl (C=O) groups is 1. The van der Waals surface area contributed by atoms with E-state index in [-0.39, 0.29) is 10.8 Å². The Balaban J connectivity index is 2.28. The smallest absolute Gasteiger partial charge is 0.338 e. The number of hydrogen-bond acceptors (Lipinski definition) is 4. The van der Waals surface area contributed by atoms with E-state index in [1.165, 1.54) is 6.07 Å². The molecule has 102 valence electrons. The molecule has 2 unspecified atom stereocenters. The monoisotopic (exact) mass is 281 g/mol. The second-order valence-corrected chi connectivity index (χ2v) is 6.19. The van der Waals surface area contributed by atoms with Crippen molar-refractivity contribution in [3.05, 3.63) is 23.8 Å². The molecule has 1 aromatic heterocycles. The van der Waals surface area contributed by atoms with Gasteiger partial charge in [0.2, 0.25) is 0 Å². The third-order valence-corrected chi connectivity index (χ3v) is 4.46. The van der Waals surface area contributed by atoms with Gasteiger partial charge in [-0.2, -0.15) is 0 Å². The van der Waals surface area contributed by atoms with Gasteiger partial charge >= 0.3 is 5.97 Å². The molecule has 1 heterocycles. The molecule has 0 spiro atoms. The van der Waals surface area contributed by atoms with Crippen molar-refractivity contribution in [3.8, 4) is 0 Å². The Morgan fingerprint density at radius 3 is 2.89 bits per heavy atom. The van der Waals surface area contributed by atoms with Crippen LogP contribution in [0.5, 0.6) is 0 Å². The Bertz CT molecular complexity index is 638. The summed E-state index contributed by atoms with van der Waals surface area (Å²) in [5, 5.41) is 17.0. The van der Waals surface area contributed by atoms with E-state index in [9.17, 15) is 9.00 Å². The van der Waals surface area contributed by atoms with Crippen LogP contribution in [0.15, 0.2) is 18.2 Å². The number of hydrogen-bond donors (Lipinski definition) is 1. The van der Waals surface area contributed by atoms with Crippen LogP contribution >= 0.6 is 0 Å². The van der Waals surface area contributed by atoms with E-state index in [4.69, 9.17) is 5.11 Å². The van der Waals surface area contributed by atoms with Crippen LogP contribution in [-0.4, -0.2) is 41.8 Å². The van der Waals surface area contributed by atoms with Crippen molar-refractivity contribution in [2.24, 2.45) is 0 Å². The van der Waals surface area contributed by atoms with E-state index >= 15 is 0 Å².